The number of piperidine rings is 1. The predicted octanol–water partition coefficient (Wildman–Crippen LogP) is 2.64. The Morgan fingerprint density at radius 1 is 1.05 bits per heavy atom. The van der Waals surface area contributed by atoms with E-state index in [2.05, 4.69) is 18.7 Å². The highest BCUT2D eigenvalue weighted by Crippen LogP contribution is 2.39. The van der Waals surface area contributed by atoms with E-state index in [-0.39, 0.29) is 5.41 Å². The Morgan fingerprint density at radius 3 is 2.21 bits per heavy atom. The lowest BCUT2D eigenvalue weighted by Crippen LogP contribution is -2.50. The quantitative estimate of drug-likeness (QED) is 0.833. The zero-order valence-corrected chi connectivity index (χ0v) is 12.9. The van der Waals surface area contributed by atoms with Gasteiger partial charge in [0.25, 0.3) is 0 Å². The molecule has 3 nitrogen and oxygen atoms in total. The van der Waals surface area contributed by atoms with Gasteiger partial charge in [-0.1, -0.05) is 26.7 Å². The molecule has 0 aliphatic carbocycles. The van der Waals surface area contributed by atoms with Crippen LogP contribution in [0.5, 0.6) is 0 Å². The molecule has 2 heterocycles. The fourth-order valence-electron chi connectivity index (χ4n) is 3.88. The number of hydrogen-bond acceptors (Lipinski definition) is 3. The summed E-state index contributed by atoms with van der Waals surface area (Å²) in [6.07, 6.45) is 7.82. The zero-order valence-electron chi connectivity index (χ0n) is 12.9. The van der Waals surface area contributed by atoms with E-state index in [9.17, 15) is 0 Å². The summed E-state index contributed by atoms with van der Waals surface area (Å²) < 4.78 is 5.69. The van der Waals surface area contributed by atoms with Gasteiger partial charge in [-0.3, -0.25) is 0 Å². The van der Waals surface area contributed by atoms with E-state index in [4.69, 9.17) is 10.5 Å². The summed E-state index contributed by atoms with van der Waals surface area (Å²) >= 11 is 0. The molecule has 0 radical (unpaired) electrons. The molecule has 0 bridgehead atoms. The zero-order chi connectivity index (χ0) is 13.8. The Hall–Kier alpha value is -0.120. The molecule has 2 aliphatic heterocycles. The second-order valence-corrected chi connectivity index (χ2v) is 6.84. The maximum Gasteiger partial charge on any atom is 0.0546 e. The van der Waals surface area contributed by atoms with Gasteiger partial charge in [0.2, 0.25) is 0 Å². The largest absolute Gasteiger partial charge is 0.381 e. The van der Waals surface area contributed by atoms with Gasteiger partial charge in [0.05, 0.1) is 6.61 Å². The van der Waals surface area contributed by atoms with Crippen LogP contribution in [0.2, 0.25) is 0 Å². The standard InChI is InChI=1S/C16H32N2O/c1-3-15(4-2)7-9-18(10-8-15)13-16(12-17)6-5-11-19-14-16/h3-14,17H2,1-2H3. The third-order valence-corrected chi connectivity index (χ3v) is 5.81. The number of nitrogens with zero attached hydrogens (tertiary/aromatic N) is 1. The number of ether oxygens (including phenoxy) is 1. The summed E-state index contributed by atoms with van der Waals surface area (Å²) in [5.41, 5.74) is 6.91. The van der Waals surface area contributed by atoms with E-state index >= 15 is 0 Å². The van der Waals surface area contributed by atoms with Gasteiger partial charge in [0.1, 0.15) is 0 Å². The van der Waals surface area contributed by atoms with Crippen molar-refractivity contribution in [3.05, 3.63) is 0 Å². The lowest BCUT2D eigenvalue weighted by atomic mass is 9.73. The van der Waals surface area contributed by atoms with E-state index in [0.717, 1.165) is 26.3 Å². The number of hydrogen-bond donors (Lipinski definition) is 1. The molecule has 0 aromatic rings. The van der Waals surface area contributed by atoms with E-state index < -0.39 is 0 Å². The van der Waals surface area contributed by atoms with Gasteiger partial charge in [0.15, 0.2) is 0 Å². The summed E-state index contributed by atoms with van der Waals surface area (Å²) in [5.74, 6) is 0. The minimum Gasteiger partial charge on any atom is -0.381 e. The monoisotopic (exact) mass is 268 g/mol. The molecule has 0 aromatic carbocycles. The lowest BCUT2D eigenvalue weighted by Gasteiger charge is -2.45. The molecule has 2 saturated heterocycles. The highest BCUT2D eigenvalue weighted by atomic mass is 16.5. The normalized spacial score (nSPS) is 32.4. The number of rotatable bonds is 5. The van der Waals surface area contributed by atoms with Gasteiger partial charge >= 0.3 is 0 Å². The summed E-state index contributed by atoms with van der Waals surface area (Å²) in [6.45, 7) is 10.9. The van der Waals surface area contributed by atoms with Crippen molar-refractivity contribution in [3.63, 3.8) is 0 Å². The molecule has 19 heavy (non-hydrogen) atoms. The van der Waals surface area contributed by atoms with Crippen molar-refractivity contribution in [1.82, 2.24) is 4.90 Å². The van der Waals surface area contributed by atoms with Crippen LogP contribution in [0, 0.1) is 10.8 Å². The molecular formula is C16H32N2O. The second kappa shape index (κ2) is 6.55. The van der Waals surface area contributed by atoms with Crippen LogP contribution in [-0.2, 0) is 4.74 Å². The fraction of sp³-hybridized carbons (Fsp3) is 1.00. The molecule has 0 amide bonds. The van der Waals surface area contributed by atoms with Gasteiger partial charge in [-0.15, -0.1) is 0 Å². The van der Waals surface area contributed by atoms with Crippen LogP contribution in [0.3, 0.4) is 0 Å². The maximum absolute atomic E-state index is 6.05. The average Bonchev–Trinajstić information content (AvgIpc) is 2.49. The summed E-state index contributed by atoms with van der Waals surface area (Å²) in [6, 6.07) is 0. The molecule has 0 saturated carbocycles. The Kier molecular flexibility index (Phi) is 5.27. The Balaban J connectivity index is 1.87. The SMILES string of the molecule is CCC1(CC)CCN(CC2(CN)CCCOC2)CC1. The van der Waals surface area contributed by atoms with Gasteiger partial charge in [0, 0.05) is 25.1 Å². The Bertz CT molecular complexity index is 260. The average molecular weight is 268 g/mol. The number of likely N-dealkylation sites (tertiary alicyclic amines) is 1. The first-order valence-electron chi connectivity index (χ1n) is 8.18. The van der Waals surface area contributed by atoms with Crippen LogP contribution >= 0.6 is 0 Å². The first-order chi connectivity index (χ1) is 9.17. The third kappa shape index (κ3) is 3.50. The molecule has 2 aliphatic rings. The third-order valence-electron chi connectivity index (χ3n) is 5.81. The topological polar surface area (TPSA) is 38.5 Å². The maximum atomic E-state index is 6.05. The molecule has 1 atom stereocenters. The minimum absolute atomic E-state index is 0.233. The van der Waals surface area contributed by atoms with Gasteiger partial charge < -0.3 is 15.4 Å². The predicted molar refractivity (Wildman–Crippen MR) is 80.2 cm³/mol. The van der Waals surface area contributed by atoms with Crippen LogP contribution in [0.25, 0.3) is 0 Å². The van der Waals surface area contributed by atoms with Crippen LogP contribution in [0.15, 0.2) is 0 Å². The number of nitrogens with two attached hydrogens (primary N) is 1. The summed E-state index contributed by atoms with van der Waals surface area (Å²) in [5, 5.41) is 0. The van der Waals surface area contributed by atoms with Crippen LogP contribution < -0.4 is 5.73 Å². The van der Waals surface area contributed by atoms with Crippen molar-refractivity contribution in [3.8, 4) is 0 Å². The van der Waals surface area contributed by atoms with Gasteiger partial charge in [-0.05, 0) is 44.2 Å². The lowest BCUT2D eigenvalue weighted by molar-refractivity contribution is -0.0323. The van der Waals surface area contributed by atoms with Crippen LogP contribution in [0.1, 0.15) is 52.4 Å². The summed E-state index contributed by atoms with van der Waals surface area (Å²) in [4.78, 5) is 2.64. The summed E-state index contributed by atoms with van der Waals surface area (Å²) in [7, 11) is 0. The van der Waals surface area contributed by atoms with E-state index in [1.165, 1.54) is 51.6 Å². The molecule has 112 valence electrons. The second-order valence-electron chi connectivity index (χ2n) is 6.84. The van der Waals surface area contributed by atoms with Gasteiger partial charge in [-0.25, -0.2) is 0 Å². The molecule has 2 N–H and O–H groups in total. The van der Waals surface area contributed by atoms with Crippen molar-refractivity contribution in [1.29, 1.82) is 0 Å². The first kappa shape index (κ1) is 15.3. The van der Waals surface area contributed by atoms with Crippen molar-refractivity contribution in [2.45, 2.75) is 52.4 Å². The highest BCUT2D eigenvalue weighted by molar-refractivity contribution is 4.90. The molecule has 2 rings (SSSR count). The minimum atomic E-state index is 0.233. The van der Waals surface area contributed by atoms with Crippen molar-refractivity contribution >= 4 is 0 Å². The van der Waals surface area contributed by atoms with E-state index in [1.54, 1.807) is 0 Å². The molecule has 3 heteroatoms. The Labute approximate surface area is 118 Å². The van der Waals surface area contributed by atoms with Crippen LogP contribution in [0.4, 0.5) is 0 Å². The van der Waals surface area contributed by atoms with E-state index in [1.807, 2.05) is 0 Å². The smallest absolute Gasteiger partial charge is 0.0546 e. The molecule has 1 unspecified atom stereocenters. The van der Waals surface area contributed by atoms with Crippen LogP contribution in [-0.4, -0.2) is 44.3 Å². The highest BCUT2D eigenvalue weighted by Gasteiger charge is 2.37. The molecule has 0 aromatic heterocycles. The van der Waals surface area contributed by atoms with Crippen molar-refractivity contribution < 1.29 is 4.74 Å². The molecular weight excluding hydrogens is 236 g/mol. The fourth-order valence-corrected chi connectivity index (χ4v) is 3.88. The molecule has 2 fully saturated rings. The molecule has 0 spiro atoms. The van der Waals surface area contributed by atoms with Crippen molar-refractivity contribution in [2.75, 3.05) is 39.4 Å². The first-order valence-corrected chi connectivity index (χ1v) is 8.18. The van der Waals surface area contributed by atoms with E-state index in [0.29, 0.717) is 5.41 Å². The Morgan fingerprint density at radius 2 is 1.74 bits per heavy atom. The van der Waals surface area contributed by atoms with Crippen molar-refractivity contribution in [2.24, 2.45) is 16.6 Å². The van der Waals surface area contributed by atoms with Gasteiger partial charge in [-0.2, -0.15) is 0 Å².